The largest absolute Gasteiger partial charge is 0.416 e. The van der Waals surface area contributed by atoms with Gasteiger partial charge in [-0.1, -0.05) is 12.1 Å². The highest BCUT2D eigenvalue weighted by Crippen LogP contribution is 2.38. The van der Waals surface area contributed by atoms with Crippen LogP contribution in [0.15, 0.2) is 42.5 Å². The highest BCUT2D eigenvalue weighted by molar-refractivity contribution is 5.35. The van der Waals surface area contributed by atoms with E-state index in [1.165, 1.54) is 29.3 Å². The number of hydrogen-bond acceptors (Lipinski definition) is 4. The Labute approximate surface area is 172 Å². The lowest BCUT2D eigenvalue weighted by atomic mass is 10.0. The maximum atomic E-state index is 13.2. The number of hydroxylamine groups is 2. The maximum Gasteiger partial charge on any atom is 0.416 e. The summed E-state index contributed by atoms with van der Waals surface area (Å²) >= 11 is 0. The third-order valence-electron chi connectivity index (χ3n) is 4.74. The number of morpholine rings is 1. The highest BCUT2D eigenvalue weighted by atomic mass is 19.4. The minimum atomic E-state index is -5.02. The van der Waals surface area contributed by atoms with E-state index in [0.29, 0.717) is 17.7 Å². The fourth-order valence-electron chi connectivity index (χ4n) is 3.19. The Kier molecular flexibility index (Phi) is 6.89. The van der Waals surface area contributed by atoms with E-state index < -0.39 is 53.6 Å². The van der Waals surface area contributed by atoms with Crippen molar-refractivity contribution in [3.8, 4) is 0 Å². The lowest BCUT2D eigenvalue weighted by molar-refractivity contribution is -0.263. The van der Waals surface area contributed by atoms with Gasteiger partial charge in [0.05, 0.1) is 37.0 Å². The summed E-state index contributed by atoms with van der Waals surface area (Å²) in [7, 11) is 0. The molecule has 170 valence electrons. The molecule has 1 aliphatic rings. The van der Waals surface area contributed by atoms with Crippen molar-refractivity contribution in [2.75, 3.05) is 26.4 Å². The molecule has 1 fully saturated rings. The summed E-state index contributed by atoms with van der Waals surface area (Å²) in [6.45, 7) is -0.456. The van der Waals surface area contributed by atoms with Gasteiger partial charge in [0.15, 0.2) is 0 Å². The zero-order valence-electron chi connectivity index (χ0n) is 15.9. The molecule has 0 spiro atoms. The molecule has 4 nitrogen and oxygen atoms in total. The van der Waals surface area contributed by atoms with E-state index in [2.05, 4.69) is 0 Å². The van der Waals surface area contributed by atoms with Crippen molar-refractivity contribution in [2.45, 2.75) is 24.5 Å². The molecule has 0 unspecified atom stereocenters. The van der Waals surface area contributed by atoms with Crippen LogP contribution in [0.5, 0.6) is 0 Å². The fraction of sp³-hybridized carbons (Fsp3) is 0.400. The molecule has 2 aromatic rings. The number of nitrogens with zero attached hydrogens (tertiary/aromatic N) is 1. The lowest BCUT2D eigenvalue weighted by Gasteiger charge is -2.37. The molecule has 1 N–H and O–H groups in total. The molecule has 0 aromatic heterocycles. The van der Waals surface area contributed by atoms with E-state index in [0.717, 1.165) is 0 Å². The van der Waals surface area contributed by atoms with E-state index >= 15 is 0 Å². The summed E-state index contributed by atoms with van der Waals surface area (Å²) in [5.74, 6) is -0.482. The first-order valence-electron chi connectivity index (χ1n) is 9.16. The topological polar surface area (TPSA) is 41.9 Å². The number of alkyl halides is 6. The molecule has 0 saturated carbocycles. The molecule has 1 heterocycles. The molecule has 2 aromatic carbocycles. The zero-order chi connectivity index (χ0) is 22.8. The van der Waals surface area contributed by atoms with Gasteiger partial charge in [-0.05, 0) is 41.5 Å². The van der Waals surface area contributed by atoms with Crippen LogP contribution in [0.25, 0.3) is 0 Å². The Bertz CT molecular complexity index is 852. The van der Waals surface area contributed by atoms with Crippen molar-refractivity contribution >= 4 is 0 Å². The molecule has 2 atom stereocenters. The van der Waals surface area contributed by atoms with E-state index in [4.69, 9.17) is 9.57 Å². The number of hydrogen-bond donors (Lipinski definition) is 1. The zero-order valence-corrected chi connectivity index (χ0v) is 15.9. The first kappa shape index (κ1) is 23.5. The van der Waals surface area contributed by atoms with Crippen LogP contribution in [0.1, 0.15) is 34.4 Å². The number of halogens is 7. The SMILES string of the molecule is OC[C@@H](ON1CCOC[C@@H]1c1ccc(F)cc1)c1cc(C(F)(F)F)cc(C(F)(F)F)c1. The minimum Gasteiger partial charge on any atom is -0.393 e. The summed E-state index contributed by atoms with van der Waals surface area (Å²) in [5.41, 5.74) is -2.92. The van der Waals surface area contributed by atoms with Crippen molar-refractivity contribution in [1.29, 1.82) is 0 Å². The van der Waals surface area contributed by atoms with Gasteiger partial charge in [0.2, 0.25) is 0 Å². The molecule has 1 saturated heterocycles. The van der Waals surface area contributed by atoms with Gasteiger partial charge < -0.3 is 9.84 Å². The number of rotatable bonds is 5. The summed E-state index contributed by atoms with van der Waals surface area (Å²) < 4.78 is 97.5. The molecule has 1 aliphatic heterocycles. The van der Waals surface area contributed by atoms with Crippen molar-refractivity contribution in [1.82, 2.24) is 5.06 Å². The van der Waals surface area contributed by atoms with Crippen molar-refractivity contribution in [3.63, 3.8) is 0 Å². The Morgan fingerprint density at radius 2 is 1.58 bits per heavy atom. The first-order valence-corrected chi connectivity index (χ1v) is 9.16. The highest BCUT2D eigenvalue weighted by Gasteiger charge is 2.38. The third-order valence-corrected chi connectivity index (χ3v) is 4.74. The van der Waals surface area contributed by atoms with E-state index in [1.807, 2.05) is 0 Å². The molecule has 11 heteroatoms. The van der Waals surface area contributed by atoms with E-state index in [9.17, 15) is 35.8 Å². The minimum absolute atomic E-state index is 0.00792. The molecular weight excluding hydrogens is 435 g/mol. The van der Waals surface area contributed by atoms with Gasteiger partial charge >= 0.3 is 12.4 Å². The number of ether oxygens (including phenoxy) is 1. The van der Waals surface area contributed by atoms with Gasteiger partial charge in [-0.25, -0.2) is 4.39 Å². The molecule has 0 amide bonds. The quantitative estimate of drug-likeness (QED) is 0.654. The number of aliphatic hydroxyl groups excluding tert-OH is 1. The van der Waals surface area contributed by atoms with Gasteiger partial charge in [0.1, 0.15) is 11.9 Å². The van der Waals surface area contributed by atoms with Crippen LogP contribution in [-0.2, 0) is 21.9 Å². The number of aliphatic hydroxyl groups is 1. The Morgan fingerprint density at radius 3 is 2.10 bits per heavy atom. The fourth-order valence-corrected chi connectivity index (χ4v) is 3.19. The molecule has 0 aliphatic carbocycles. The molecule has 3 rings (SSSR count). The summed E-state index contributed by atoms with van der Waals surface area (Å²) in [5, 5.41) is 11.0. The van der Waals surface area contributed by atoms with E-state index in [1.54, 1.807) is 0 Å². The predicted molar refractivity (Wildman–Crippen MR) is 94.0 cm³/mol. The van der Waals surface area contributed by atoms with Crippen LogP contribution >= 0.6 is 0 Å². The maximum absolute atomic E-state index is 13.2. The second-order valence-corrected chi connectivity index (χ2v) is 6.90. The summed E-state index contributed by atoms with van der Waals surface area (Å²) in [4.78, 5) is 5.63. The van der Waals surface area contributed by atoms with Crippen LogP contribution in [0.4, 0.5) is 30.7 Å². The van der Waals surface area contributed by atoms with Gasteiger partial charge in [-0.3, -0.25) is 4.84 Å². The monoisotopic (exact) mass is 453 g/mol. The van der Waals surface area contributed by atoms with Crippen LogP contribution in [0, 0.1) is 5.82 Å². The second-order valence-electron chi connectivity index (χ2n) is 6.90. The van der Waals surface area contributed by atoms with Crippen LogP contribution in [0.2, 0.25) is 0 Å². The molecule has 0 bridgehead atoms. The summed E-state index contributed by atoms with van der Waals surface area (Å²) in [6.07, 6.45) is -11.5. The van der Waals surface area contributed by atoms with Gasteiger partial charge in [0.25, 0.3) is 0 Å². The standard InChI is InChI=1S/C20H18F7NO3/c21-16-3-1-12(2-4-16)17-11-30-6-5-28(17)31-18(10-29)13-7-14(19(22,23)24)9-15(8-13)20(25,26)27/h1-4,7-9,17-18,29H,5-6,10-11H2/t17-,18-/m1/s1. The van der Waals surface area contributed by atoms with Crippen molar-refractivity contribution in [3.05, 3.63) is 70.5 Å². The normalized spacial score (nSPS) is 19.4. The second kappa shape index (κ2) is 9.11. The van der Waals surface area contributed by atoms with Crippen molar-refractivity contribution < 1.29 is 45.4 Å². The van der Waals surface area contributed by atoms with Crippen LogP contribution in [0.3, 0.4) is 0 Å². The smallest absolute Gasteiger partial charge is 0.393 e. The van der Waals surface area contributed by atoms with E-state index in [-0.39, 0.29) is 25.8 Å². The van der Waals surface area contributed by atoms with Crippen molar-refractivity contribution in [2.24, 2.45) is 0 Å². The third kappa shape index (κ3) is 5.73. The summed E-state index contributed by atoms with van der Waals surface area (Å²) in [6, 6.07) is 5.77. The Morgan fingerprint density at radius 1 is 1.00 bits per heavy atom. The number of benzene rings is 2. The molecule has 31 heavy (non-hydrogen) atoms. The van der Waals surface area contributed by atoms with Gasteiger partial charge in [-0.15, -0.1) is 0 Å². The van der Waals surface area contributed by atoms with Crippen LogP contribution in [-0.4, -0.2) is 36.5 Å². The molecular formula is C20H18F7NO3. The van der Waals surface area contributed by atoms with Gasteiger partial charge in [-0.2, -0.15) is 31.4 Å². The lowest BCUT2D eigenvalue weighted by Crippen LogP contribution is -2.40. The predicted octanol–water partition coefficient (Wildman–Crippen LogP) is 4.90. The average molecular weight is 453 g/mol. The van der Waals surface area contributed by atoms with Crippen LogP contribution < -0.4 is 0 Å². The molecule has 0 radical (unpaired) electrons. The first-order chi connectivity index (χ1) is 14.5. The van der Waals surface area contributed by atoms with Gasteiger partial charge in [0, 0.05) is 6.54 Å². The Balaban J connectivity index is 1.92. The average Bonchev–Trinajstić information content (AvgIpc) is 2.71. The Hall–Kier alpha value is -2.21.